The summed E-state index contributed by atoms with van der Waals surface area (Å²) in [6.07, 6.45) is 6.13. The zero-order chi connectivity index (χ0) is 24.3. The molecule has 2 aromatic carbocycles. The summed E-state index contributed by atoms with van der Waals surface area (Å²) < 4.78 is 5.26. The van der Waals surface area contributed by atoms with Crippen LogP contribution in [0.3, 0.4) is 0 Å². The Balaban J connectivity index is 1.70. The predicted molar refractivity (Wildman–Crippen MR) is 140 cm³/mol. The van der Waals surface area contributed by atoms with Gasteiger partial charge in [-0.3, -0.25) is 9.59 Å². The predicted octanol–water partition coefficient (Wildman–Crippen LogP) is 5.84. The van der Waals surface area contributed by atoms with Crippen LogP contribution < -0.4 is 10.1 Å². The van der Waals surface area contributed by atoms with E-state index in [4.69, 9.17) is 16.3 Å². The summed E-state index contributed by atoms with van der Waals surface area (Å²) in [5.74, 6) is 1.68. The number of halogens is 1. The van der Waals surface area contributed by atoms with E-state index in [1.807, 2.05) is 55.5 Å². The highest BCUT2D eigenvalue weighted by Gasteiger charge is 2.30. The van der Waals surface area contributed by atoms with Crippen LogP contribution in [0.4, 0.5) is 0 Å². The highest BCUT2D eigenvalue weighted by atomic mass is 35.5. The van der Waals surface area contributed by atoms with Gasteiger partial charge in [0.15, 0.2) is 0 Å². The SMILES string of the molecule is CC[C@H](C(=O)NC1CCCCC1)N(Cc1ccc(OC)cc1)C(=O)CSCc1cccc(Cl)c1. The fourth-order valence-corrected chi connectivity index (χ4v) is 5.43. The zero-order valence-corrected chi connectivity index (χ0v) is 21.7. The number of hydrogen-bond acceptors (Lipinski definition) is 4. The number of carbonyl (C=O) groups excluding carboxylic acids is 2. The number of nitrogens with zero attached hydrogens (tertiary/aromatic N) is 1. The van der Waals surface area contributed by atoms with E-state index in [0.717, 1.165) is 42.6 Å². The van der Waals surface area contributed by atoms with Gasteiger partial charge < -0.3 is 15.0 Å². The van der Waals surface area contributed by atoms with E-state index in [1.165, 1.54) is 6.42 Å². The molecule has 2 amide bonds. The molecule has 1 aliphatic carbocycles. The van der Waals surface area contributed by atoms with Crippen LogP contribution in [0.15, 0.2) is 48.5 Å². The maximum Gasteiger partial charge on any atom is 0.243 e. The average Bonchev–Trinajstić information content (AvgIpc) is 2.85. The number of hydrogen-bond donors (Lipinski definition) is 1. The maximum atomic E-state index is 13.4. The molecular formula is C27H35ClN2O3S. The summed E-state index contributed by atoms with van der Waals surface area (Å²) in [5, 5.41) is 3.91. The Kier molecular flexibility index (Phi) is 10.6. The van der Waals surface area contributed by atoms with Crippen molar-refractivity contribution in [2.24, 2.45) is 0 Å². The molecule has 0 aliphatic heterocycles. The van der Waals surface area contributed by atoms with Crippen molar-refractivity contribution in [3.05, 3.63) is 64.7 Å². The van der Waals surface area contributed by atoms with Gasteiger partial charge in [0.25, 0.3) is 0 Å². The van der Waals surface area contributed by atoms with Crippen LogP contribution in [0, 0.1) is 0 Å². The first-order valence-corrected chi connectivity index (χ1v) is 13.6. The van der Waals surface area contributed by atoms with Crippen LogP contribution >= 0.6 is 23.4 Å². The van der Waals surface area contributed by atoms with Crippen LogP contribution in [-0.2, 0) is 21.9 Å². The third-order valence-corrected chi connectivity index (χ3v) is 7.46. The summed E-state index contributed by atoms with van der Waals surface area (Å²) in [5.41, 5.74) is 2.05. The third kappa shape index (κ3) is 7.95. The largest absolute Gasteiger partial charge is 0.497 e. The second-order valence-corrected chi connectivity index (χ2v) is 10.2. The monoisotopic (exact) mass is 502 g/mol. The van der Waals surface area contributed by atoms with E-state index in [9.17, 15) is 9.59 Å². The summed E-state index contributed by atoms with van der Waals surface area (Å²) in [6.45, 7) is 2.36. The zero-order valence-electron chi connectivity index (χ0n) is 20.1. The molecule has 2 aromatic rings. The van der Waals surface area contributed by atoms with E-state index in [1.54, 1.807) is 23.8 Å². The van der Waals surface area contributed by atoms with Gasteiger partial charge in [0.05, 0.1) is 12.9 Å². The van der Waals surface area contributed by atoms with Gasteiger partial charge in [-0.1, -0.05) is 62.1 Å². The number of nitrogens with one attached hydrogen (secondary N) is 1. The molecule has 0 radical (unpaired) electrons. The van der Waals surface area contributed by atoms with E-state index < -0.39 is 6.04 Å². The lowest BCUT2D eigenvalue weighted by atomic mass is 9.95. The molecule has 0 spiro atoms. The number of amides is 2. The number of methoxy groups -OCH3 is 1. The first-order valence-electron chi connectivity index (χ1n) is 12.0. The number of ether oxygens (including phenoxy) is 1. The fraction of sp³-hybridized carbons (Fsp3) is 0.481. The normalized spacial score (nSPS) is 14.9. The summed E-state index contributed by atoms with van der Waals surface area (Å²) in [6, 6.07) is 15.1. The quantitative estimate of drug-likeness (QED) is 0.419. The molecule has 0 unspecified atom stereocenters. The van der Waals surface area contributed by atoms with Crippen molar-refractivity contribution >= 4 is 35.2 Å². The highest BCUT2D eigenvalue weighted by molar-refractivity contribution is 7.99. The fourth-order valence-electron chi connectivity index (χ4n) is 4.36. The standard InChI is InChI=1S/C27H35ClN2O3S/c1-3-25(27(32)29-23-10-5-4-6-11-23)30(17-20-12-14-24(33-2)15-13-20)26(31)19-34-18-21-8-7-9-22(28)16-21/h7-9,12-16,23,25H,3-6,10-11,17-19H2,1-2H3,(H,29,32)/t25-/m1/s1. The van der Waals surface area contributed by atoms with Crippen LogP contribution in [0.1, 0.15) is 56.6 Å². The van der Waals surface area contributed by atoms with Crippen molar-refractivity contribution in [2.45, 2.75) is 69.8 Å². The molecule has 1 saturated carbocycles. The molecule has 0 bridgehead atoms. The van der Waals surface area contributed by atoms with Crippen LogP contribution in [-0.4, -0.2) is 41.7 Å². The molecule has 0 aromatic heterocycles. The average molecular weight is 503 g/mol. The second-order valence-electron chi connectivity index (χ2n) is 8.76. The molecular weight excluding hydrogens is 468 g/mol. The van der Waals surface area contributed by atoms with Gasteiger partial charge in [-0.05, 0) is 54.7 Å². The maximum absolute atomic E-state index is 13.4. The molecule has 34 heavy (non-hydrogen) atoms. The van der Waals surface area contributed by atoms with Crippen molar-refractivity contribution in [3.8, 4) is 5.75 Å². The molecule has 0 saturated heterocycles. The van der Waals surface area contributed by atoms with E-state index in [0.29, 0.717) is 29.5 Å². The van der Waals surface area contributed by atoms with Crippen LogP contribution in [0.2, 0.25) is 5.02 Å². The summed E-state index contributed by atoms with van der Waals surface area (Å²) in [7, 11) is 1.63. The van der Waals surface area contributed by atoms with Gasteiger partial charge in [0.1, 0.15) is 11.8 Å². The van der Waals surface area contributed by atoms with E-state index >= 15 is 0 Å². The Labute approximate surface area is 212 Å². The van der Waals surface area contributed by atoms with Crippen LogP contribution in [0.25, 0.3) is 0 Å². The number of benzene rings is 2. The first kappa shape index (κ1) is 26.4. The molecule has 1 atom stereocenters. The number of rotatable bonds is 11. The number of carbonyl (C=O) groups is 2. The first-order chi connectivity index (χ1) is 16.5. The molecule has 7 heteroatoms. The minimum Gasteiger partial charge on any atom is -0.497 e. The summed E-state index contributed by atoms with van der Waals surface area (Å²) >= 11 is 7.63. The lowest BCUT2D eigenvalue weighted by Crippen LogP contribution is -2.52. The molecule has 184 valence electrons. The van der Waals surface area contributed by atoms with Gasteiger partial charge in [-0.15, -0.1) is 11.8 Å². The molecule has 1 fully saturated rings. The third-order valence-electron chi connectivity index (χ3n) is 6.23. The lowest BCUT2D eigenvalue weighted by Gasteiger charge is -2.32. The Morgan fingerprint density at radius 3 is 2.50 bits per heavy atom. The molecule has 3 rings (SSSR count). The van der Waals surface area contributed by atoms with E-state index in [2.05, 4.69) is 5.32 Å². The molecule has 1 N–H and O–H groups in total. The number of thioether (sulfide) groups is 1. The second kappa shape index (κ2) is 13.6. The van der Waals surface area contributed by atoms with Crippen LogP contribution in [0.5, 0.6) is 5.75 Å². The van der Waals surface area contributed by atoms with Crippen molar-refractivity contribution in [1.29, 1.82) is 0 Å². The Morgan fingerprint density at radius 1 is 1.12 bits per heavy atom. The van der Waals surface area contributed by atoms with Crippen molar-refractivity contribution in [3.63, 3.8) is 0 Å². The van der Waals surface area contributed by atoms with Crippen molar-refractivity contribution < 1.29 is 14.3 Å². The Bertz CT molecular complexity index is 932. The van der Waals surface area contributed by atoms with E-state index in [-0.39, 0.29) is 17.9 Å². The Morgan fingerprint density at radius 2 is 1.85 bits per heavy atom. The van der Waals surface area contributed by atoms with Gasteiger partial charge >= 0.3 is 0 Å². The van der Waals surface area contributed by atoms with Crippen molar-refractivity contribution in [1.82, 2.24) is 10.2 Å². The topological polar surface area (TPSA) is 58.6 Å². The van der Waals surface area contributed by atoms with Gasteiger partial charge in [0.2, 0.25) is 11.8 Å². The minimum absolute atomic E-state index is 0.0338. The highest BCUT2D eigenvalue weighted by Crippen LogP contribution is 2.22. The molecule has 0 heterocycles. The van der Waals surface area contributed by atoms with Gasteiger partial charge in [0, 0.05) is 23.4 Å². The smallest absolute Gasteiger partial charge is 0.243 e. The lowest BCUT2D eigenvalue weighted by molar-refractivity contribution is -0.139. The molecule has 5 nitrogen and oxygen atoms in total. The molecule has 1 aliphatic rings. The van der Waals surface area contributed by atoms with Crippen molar-refractivity contribution in [2.75, 3.05) is 12.9 Å². The Hall–Kier alpha value is -2.18. The summed E-state index contributed by atoms with van der Waals surface area (Å²) in [4.78, 5) is 28.4. The van der Waals surface area contributed by atoms with Gasteiger partial charge in [-0.25, -0.2) is 0 Å². The van der Waals surface area contributed by atoms with Gasteiger partial charge in [-0.2, -0.15) is 0 Å². The minimum atomic E-state index is -0.497.